The van der Waals surface area contributed by atoms with Crippen LogP contribution in [0.2, 0.25) is 0 Å². The van der Waals surface area contributed by atoms with Crippen molar-refractivity contribution in [3.8, 4) is 0 Å². The van der Waals surface area contributed by atoms with Gasteiger partial charge in [-0.15, -0.1) is 23.5 Å². The van der Waals surface area contributed by atoms with Crippen LogP contribution in [0.25, 0.3) is 0 Å². The van der Waals surface area contributed by atoms with Crippen molar-refractivity contribution in [3.05, 3.63) is 46.2 Å². The Bertz CT molecular complexity index is 322. The first-order chi connectivity index (χ1) is 7.76. The molecule has 1 N–H and O–H groups in total. The quantitative estimate of drug-likeness (QED) is 0.831. The molecule has 16 heavy (non-hydrogen) atoms. The molecule has 3 heteroatoms. The summed E-state index contributed by atoms with van der Waals surface area (Å²) in [6.07, 6.45) is 4.45. The fraction of sp³-hybridized carbons (Fsp3) is 0.385. The molecule has 0 fully saturated rings. The maximum absolute atomic E-state index is 9.55. The molecular weight excluding hydrogens is 236 g/mol. The second kappa shape index (κ2) is 7.82. The standard InChI is InChI=1S/C13H18OS2/c1-3-12(14)9-13(15-2)16-10-11-7-5-4-6-8-11/h4-9,12,14H,3,10H2,1-2H3/b13-9+. The molecule has 0 aliphatic rings. The molecule has 0 saturated carbocycles. The minimum absolute atomic E-state index is 0.314. The Kier molecular flexibility index (Phi) is 6.69. The lowest BCUT2D eigenvalue weighted by Gasteiger charge is -2.07. The van der Waals surface area contributed by atoms with Crippen LogP contribution in [0.4, 0.5) is 0 Å². The van der Waals surface area contributed by atoms with E-state index in [0.717, 1.165) is 12.2 Å². The molecule has 1 unspecified atom stereocenters. The normalized spacial score (nSPS) is 13.8. The van der Waals surface area contributed by atoms with Gasteiger partial charge in [0, 0.05) is 9.99 Å². The van der Waals surface area contributed by atoms with Crippen LogP contribution < -0.4 is 0 Å². The lowest BCUT2D eigenvalue weighted by Crippen LogP contribution is -1.99. The Morgan fingerprint density at radius 3 is 2.62 bits per heavy atom. The average molecular weight is 254 g/mol. The third kappa shape index (κ3) is 5.10. The molecule has 0 bridgehead atoms. The topological polar surface area (TPSA) is 20.2 Å². The number of aliphatic hydroxyl groups is 1. The van der Waals surface area contributed by atoms with Crippen molar-refractivity contribution in [2.75, 3.05) is 6.26 Å². The highest BCUT2D eigenvalue weighted by Crippen LogP contribution is 2.29. The highest BCUT2D eigenvalue weighted by molar-refractivity contribution is 8.21. The van der Waals surface area contributed by atoms with E-state index in [0.29, 0.717) is 0 Å². The highest BCUT2D eigenvalue weighted by atomic mass is 32.2. The maximum Gasteiger partial charge on any atom is 0.0737 e. The van der Waals surface area contributed by atoms with Crippen LogP contribution in [0.5, 0.6) is 0 Å². The minimum Gasteiger partial charge on any atom is -0.389 e. The van der Waals surface area contributed by atoms with Crippen molar-refractivity contribution in [1.82, 2.24) is 0 Å². The molecule has 0 aliphatic heterocycles. The second-order valence-electron chi connectivity index (χ2n) is 3.44. The van der Waals surface area contributed by atoms with Crippen LogP contribution in [0.3, 0.4) is 0 Å². The van der Waals surface area contributed by atoms with Crippen LogP contribution in [0.1, 0.15) is 18.9 Å². The lowest BCUT2D eigenvalue weighted by atomic mass is 10.2. The third-order valence-corrected chi connectivity index (χ3v) is 4.46. The van der Waals surface area contributed by atoms with Crippen molar-refractivity contribution in [3.63, 3.8) is 0 Å². The monoisotopic (exact) mass is 254 g/mol. The fourth-order valence-electron chi connectivity index (χ4n) is 1.18. The first-order valence-electron chi connectivity index (χ1n) is 5.36. The van der Waals surface area contributed by atoms with Gasteiger partial charge in [-0.05, 0) is 24.3 Å². The Balaban J connectivity index is 2.49. The molecule has 0 amide bonds. The first kappa shape index (κ1) is 13.7. The van der Waals surface area contributed by atoms with Gasteiger partial charge < -0.3 is 5.11 Å². The minimum atomic E-state index is -0.314. The van der Waals surface area contributed by atoms with Crippen LogP contribution in [-0.2, 0) is 5.75 Å². The number of benzene rings is 1. The zero-order valence-electron chi connectivity index (χ0n) is 9.72. The molecular formula is C13H18OS2. The highest BCUT2D eigenvalue weighted by Gasteiger charge is 2.02. The molecule has 0 aromatic heterocycles. The van der Waals surface area contributed by atoms with Crippen molar-refractivity contribution in [1.29, 1.82) is 0 Å². The van der Waals surface area contributed by atoms with Gasteiger partial charge in [-0.2, -0.15) is 0 Å². The molecule has 0 radical (unpaired) electrons. The lowest BCUT2D eigenvalue weighted by molar-refractivity contribution is 0.219. The number of hydrogen-bond donors (Lipinski definition) is 1. The molecule has 1 aromatic carbocycles. The van der Waals surface area contributed by atoms with Gasteiger partial charge in [0.1, 0.15) is 0 Å². The predicted octanol–water partition coefficient (Wildman–Crippen LogP) is 3.90. The van der Waals surface area contributed by atoms with Crippen LogP contribution in [0, 0.1) is 0 Å². The van der Waals surface area contributed by atoms with E-state index in [2.05, 4.69) is 24.3 Å². The van der Waals surface area contributed by atoms with Crippen LogP contribution in [-0.4, -0.2) is 17.5 Å². The van der Waals surface area contributed by atoms with Gasteiger partial charge in [0.15, 0.2) is 0 Å². The van der Waals surface area contributed by atoms with E-state index < -0.39 is 0 Å². The molecule has 1 rings (SSSR count). The van der Waals surface area contributed by atoms with Crippen molar-refractivity contribution < 1.29 is 5.11 Å². The zero-order valence-corrected chi connectivity index (χ0v) is 11.4. The van der Waals surface area contributed by atoms with Gasteiger partial charge in [-0.1, -0.05) is 37.3 Å². The Morgan fingerprint density at radius 2 is 2.06 bits per heavy atom. The van der Waals surface area contributed by atoms with Crippen molar-refractivity contribution >= 4 is 23.5 Å². The SMILES string of the molecule is CCC(O)/C=C(\SC)SCc1ccccc1. The van der Waals surface area contributed by atoms with Gasteiger partial charge in [0.2, 0.25) is 0 Å². The Morgan fingerprint density at radius 1 is 1.38 bits per heavy atom. The van der Waals surface area contributed by atoms with E-state index in [1.165, 1.54) is 9.80 Å². The molecule has 1 aromatic rings. The number of thioether (sulfide) groups is 2. The third-order valence-electron chi connectivity index (χ3n) is 2.17. The van der Waals surface area contributed by atoms with E-state index >= 15 is 0 Å². The summed E-state index contributed by atoms with van der Waals surface area (Å²) in [7, 11) is 0. The van der Waals surface area contributed by atoms with E-state index in [4.69, 9.17) is 0 Å². The van der Waals surface area contributed by atoms with E-state index in [1.54, 1.807) is 23.5 Å². The van der Waals surface area contributed by atoms with Crippen molar-refractivity contribution in [2.24, 2.45) is 0 Å². The van der Waals surface area contributed by atoms with Gasteiger partial charge in [0.25, 0.3) is 0 Å². The number of aliphatic hydroxyl groups excluding tert-OH is 1. The molecule has 1 nitrogen and oxygen atoms in total. The molecule has 0 saturated heterocycles. The van der Waals surface area contributed by atoms with Crippen molar-refractivity contribution in [2.45, 2.75) is 25.2 Å². The van der Waals surface area contributed by atoms with Crippen LogP contribution >= 0.6 is 23.5 Å². The summed E-state index contributed by atoms with van der Waals surface area (Å²) in [4.78, 5) is 0. The van der Waals surface area contributed by atoms with E-state index in [9.17, 15) is 5.11 Å². The molecule has 88 valence electrons. The zero-order chi connectivity index (χ0) is 11.8. The molecule has 1 atom stereocenters. The summed E-state index contributed by atoms with van der Waals surface area (Å²) in [6.45, 7) is 1.99. The second-order valence-corrected chi connectivity index (χ2v) is 5.56. The molecule has 0 heterocycles. The van der Waals surface area contributed by atoms with Gasteiger partial charge in [-0.25, -0.2) is 0 Å². The summed E-state index contributed by atoms with van der Waals surface area (Å²) in [6, 6.07) is 10.4. The number of rotatable bonds is 6. The predicted molar refractivity (Wildman–Crippen MR) is 75.6 cm³/mol. The largest absolute Gasteiger partial charge is 0.389 e. The van der Waals surface area contributed by atoms with E-state index in [-0.39, 0.29) is 6.10 Å². The maximum atomic E-state index is 9.55. The first-order valence-corrected chi connectivity index (χ1v) is 7.58. The summed E-state index contributed by atoms with van der Waals surface area (Å²) >= 11 is 3.48. The Hall–Kier alpha value is -0.380. The summed E-state index contributed by atoms with van der Waals surface area (Å²) in [5, 5.41) is 9.55. The summed E-state index contributed by atoms with van der Waals surface area (Å²) < 4.78 is 1.19. The smallest absolute Gasteiger partial charge is 0.0737 e. The number of hydrogen-bond acceptors (Lipinski definition) is 3. The fourth-order valence-corrected chi connectivity index (χ4v) is 2.87. The Labute approximate surface area is 106 Å². The van der Waals surface area contributed by atoms with Gasteiger partial charge in [-0.3, -0.25) is 0 Å². The average Bonchev–Trinajstić information content (AvgIpc) is 2.35. The molecule has 0 spiro atoms. The summed E-state index contributed by atoms with van der Waals surface area (Å²) in [5.74, 6) is 0.962. The van der Waals surface area contributed by atoms with Gasteiger partial charge in [0.05, 0.1) is 6.10 Å². The molecule has 0 aliphatic carbocycles. The van der Waals surface area contributed by atoms with Crippen LogP contribution in [0.15, 0.2) is 40.6 Å². The summed E-state index contributed by atoms with van der Waals surface area (Å²) in [5.41, 5.74) is 1.32. The van der Waals surface area contributed by atoms with Gasteiger partial charge >= 0.3 is 0 Å². The van der Waals surface area contributed by atoms with E-state index in [1.807, 2.05) is 25.3 Å².